The number of hydrogen-bond acceptors (Lipinski definition) is 5. The molecule has 0 fully saturated rings. The Hall–Kier alpha value is -2.04. The van der Waals surface area contributed by atoms with E-state index in [-0.39, 0.29) is 0 Å². The molecule has 0 saturated carbocycles. The number of nitrogens with one attached hydrogen (secondary N) is 1. The van der Waals surface area contributed by atoms with Crippen molar-refractivity contribution in [3.63, 3.8) is 0 Å². The van der Waals surface area contributed by atoms with E-state index in [1.54, 1.807) is 12.1 Å². The molecular formula is C32H55NO4. The van der Waals surface area contributed by atoms with Crippen LogP contribution in [-0.2, 0) is 14.3 Å². The smallest absolute Gasteiger partial charge is 0.347 e. The van der Waals surface area contributed by atoms with Gasteiger partial charge in [-0.3, -0.25) is 0 Å². The van der Waals surface area contributed by atoms with E-state index in [1.807, 2.05) is 19.1 Å². The quantitative estimate of drug-likeness (QED) is 0.109. The summed E-state index contributed by atoms with van der Waals surface area (Å²) in [4.78, 5) is 24.0. The van der Waals surface area contributed by atoms with Crippen molar-refractivity contribution in [3.05, 3.63) is 29.8 Å². The number of hydrogen-bond donors (Lipinski definition) is 1. The van der Waals surface area contributed by atoms with Crippen molar-refractivity contribution < 1.29 is 19.1 Å². The van der Waals surface area contributed by atoms with Crippen molar-refractivity contribution in [2.75, 3.05) is 18.5 Å². The standard InChI is InChI=1S/C32H55NO4/c1-4-6-7-8-9-10-11-12-13-14-15-16-17-18-19-20-21-26-33-30-24-22-29(23-25-30)32(35)37-28(3)31(34)36-27-5-2/h22-25,28,33H,4-21,26-27H2,1-3H3. The third-order valence-corrected chi connectivity index (χ3v) is 6.79. The molecule has 5 nitrogen and oxygen atoms in total. The van der Waals surface area contributed by atoms with Crippen LogP contribution in [0.15, 0.2) is 24.3 Å². The van der Waals surface area contributed by atoms with Gasteiger partial charge < -0.3 is 14.8 Å². The fraction of sp³-hybridized carbons (Fsp3) is 0.750. The molecule has 1 unspecified atom stereocenters. The third-order valence-electron chi connectivity index (χ3n) is 6.79. The Morgan fingerprint density at radius 1 is 0.676 bits per heavy atom. The molecule has 1 N–H and O–H groups in total. The maximum Gasteiger partial charge on any atom is 0.347 e. The Morgan fingerprint density at radius 3 is 1.59 bits per heavy atom. The van der Waals surface area contributed by atoms with Gasteiger partial charge in [-0.1, -0.05) is 117 Å². The lowest BCUT2D eigenvalue weighted by molar-refractivity contribution is -0.153. The summed E-state index contributed by atoms with van der Waals surface area (Å²) >= 11 is 0. The first-order valence-corrected chi connectivity index (χ1v) is 15.3. The predicted octanol–water partition coefficient (Wildman–Crippen LogP) is 9.25. The second-order valence-corrected chi connectivity index (χ2v) is 10.4. The van der Waals surface area contributed by atoms with E-state index in [9.17, 15) is 9.59 Å². The van der Waals surface area contributed by atoms with Gasteiger partial charge in [-0.15, -0.1) is 0 Å². The van der Waals surface area contributed by atoms with Crippen molar-refractivity contribution in [1.82, 2.24) is 0 Å². The minimum Gasteiger partial charge on any atom is -0.463 e. The van der Waals surface area contributed by atoms with Crippen molar-refractivity contribution >= 4 is 17.6 Å². The summed E-state index contributed by atoms with van der Waals surface area (Å²) in [5, 5.41) is 3.42. The van der Waals surface area contributed by atoms with Crippen LogP contribution in [0.2, 0.25) is 0 Å². The molecule has 0 radical (unpaired) electrons. The minimum atomic E-state index is -0.906. The first kappa shape index (κ1) is 33.0. The number of carbonyl (C=O) groups is 2. The molecule has 1 atom stereocenters. The van der Waals surface area contributed by atoms with Gasteiger partial charge in [0.25, 0.3) is 0 Å². The van der Waals surface area contributed by atoms with Crippen LogP contribution >= 0.6 is 0 Å². The fourth-order valence-electron chi connectivity index (χ4n) is 4.40. The molecular weight excluding hydrogens is 462 g/mol. The van der Waals surface area contributed by atoms with Crippen molar-refractivity contribution in [2.24, 2.45) is 0 Å². The molecule has 0 aromatic heterocycles. The second-order valence-electron chi connectivity index (χ2n) is 10.4. The number of anilines is 1. The Labute approximate surface area is 227 Å². The summed E-state index contributed by atoms with van der Waals surface area (Å²) in [5.74, 6) is -1.02. The van der Waals surface area contributed by atoms with E-state index < -0.39 is 18.0 Å². The molecule has 0 spiro atoms. The Morgan fingerprint density at radius 2 is 1.14 bits per heavy atom. The topological polar surface area (TPSA) is 64.6 Å². The van der Waals surface area contributed by atoms with Crippen LogP contribution in [0.3, 0.4) is 0 Å². The maximum atomic E-state index is 12.2. The van der Waals surface area contributed by atoms with Crippen molar-refractivity contribution in [2.45, 2.75) is 142 Å². The minimum absolute atomic E-state index is 0.334. The molecule has 0 heterocycles. The molecule has 1 aromatic carbocycles. The molecule has 1 aromatic rings. The lowest BCUT2D eigenvalue weighted by Gasteiger charge is -2.13. The first-order valence-electron chi connectivity index (χ1n) is 15.3. The molecule has 0 aliphatic heterocycles. The number of unbranched alkanes of at least 4 members (excludes halogenated alkanes) is 16. The summed E-state index contributed by atoms with van der Waals surface area (Å²) in [7, 11) is 0. The van der Waals surface area contributed by atoms with Gasteiger partial charge in [0.2, 0.25) is 0 Å². The molecule has 5 heteroatoms. The van der Waals surface area contributed by atoms with Crippen LogP contribution in [0.25, 0.3) is 0 Å². The van der Waals surface area contributed by atoms with E-state index in [4.69, 9.17) is 9.47 Å². The van der Waals surface area contributed by atoms with Gasteiger partial charge in [-0.2, -0.15) is 0 Å². The molecule has 0 aliphatic carbocycles. The number of rotatable bonds is 24. The van der Waals surface area contributed by atoms with Gasteiger partial charge in [0.05, 0.1) is 12.2 Å². The lowest BCUT2D eigenvalue weighted by Crippen LogP contribution is -2.26. The summed E-state index contributed by atoms with van der Waals surface area (Å²) < 4.78 is 10.2. The molecule has 0 amide bonds. The molecule has 212 valence electrons. The van der Waals surface area contributed by atoms with Gasteiger partial charge in [0.15, 0.2) is 6.10 Å². The number of carbonyl (C=O) groups excluding carboxylic acids is 2. The van der Waals surface area contributed by atoms with Crippen LogP contribution in [-0.4, -0.2) is 31.2 Å². The summed E-state index contributed by atoms with van der Waals surface area (Å²) in [6, 6.07) is 7.21. The van der Waals surface area contributed by atoms with E-state index in [2.05, 4.69) is 12.2 Å². The largest absolute Gasteiger partial charge is 0.463 e. The number of ether oxygens (including phenoxy) is 2. The monoisotopic (exact) mass is 517 g/mol. The van der Waals surface area contributed by atoms with E-state index in [0.717, 1.165) is 25.1 Å². The van der Waals surface area contributed by atoms with Crippen LogP contribution in [0, 0.1) is 0 Å². The molecule has 0 saturated heterocycles. The Kier molecular flexibility index (Phi) is 20.6. The van der Waals surface area contributed by atoms with E-state index in [1.165, 1.54) is 110 Å². The lowest BCUT2D eigenvalue weighted by atomic mass is 10.0. The second kappa shape index (κ2) is 23.1. The highest BCUT2D eigenvalue weighted by atomic mass is 16.6. The fourth-order valence-corrected chi connectivity index (χ4v) is 4.40. The van der Waals surface area contributed by atoms with E-state index in [0.29, 0.717) is 12.2 Å². The Balaban J connectivity index is 1.96. The molecule has 37 heavy (non-hydrogen) atoms. The zero-order valence-electron chi connectivity index (χ0n) is 24.2. The molecule has 1 rings (SSSR count). The SMILES string of the molecule is CCCCCCCCCCCCCCCCCCCNc1ccc(C(=O)OC(C)C(=O)OCCC)cc1. The van der Waals surface area contributed by atoms with Crippen molar-refractivity contribution in [3.8, 4) is 0 Å². The van der Waals surface area contributed by atoms with Gasteiger partial charge in [0, 0.05) is 12.2 Å². The molecule has 0 bridgehead atoms. The highest BCUT2D eigenvalue weighted by molar-refractivity contribution is 5.91. The van der Waals surface area contributed by atoms with Crippen LogP contribution in [0.5, 0.6) is 0 Å². The van der Waals surface area contributed by atoms with E-state index >= 15 is 0 Å². The van der Waals surface area contributed by atoms with Gasteiger partial charge in [-0.05, 0) is 44.0 Å². The van der Waals surface area contributed by atoms with Gasteiger partial charge in [0.1, 0.15) is 0 Å². The van der Waals surface area contributed by atoms with Crippen LogP contribution in [0.1, 0.15) is 147 Å². The zero-order chi connectivity index (χ0) is 27.0. The highest BCUT2D eigenvalue weighted by Gasteiger charge is 2.20. The summed E-state index contributed by atoms with van der Waals surface area (Å²) in [6.45, 7) is 7.00. The predicted molar refractivity (Wildman–Crippen MR) is 155 cm³/mol. The summed E-state index contributed by atoms with van der Waals surface area (Å²) in [6.07, 6.45) is 23.3. The Bertz CT molecular complexity index is 689. The average molecular weight is 518 g/mol. The van der Waals surface area contributed by atoms with Crippen molar-refractivity contribution in [1.29, 1.82) is 0 Å². The first-order chi connectivity index (χ1) is 18.1. The van der Waals surface area contributed by atoms with Crippen LogP contribution < -0.4 is 5.32 Å². The van der Waals surface area contributed by atoms with Gasteiger partial charge >= 0.3 is 11.9 Å². The number of benzene rings is 1. The highest BCUT2D eigenvalue weighted by Crippen LogP contribution is 2.15. The maximum absolute atomic E-state index is 12.2. The normalized spacial score (nSPS) is 11.8. The van der Waals surface area contributed by atoms with Crippen LogP contribution in [0.4, 0.5) is 5.69 Å². The number of esters is 2. The average Bonchev–Trinajstić information content (AvgIpc) is 2.91. The van der Waals surface area contributed by atoms with Gasteiger partial charge in [-0.25, -0.2) is 9.59 Å². The summed E-state index contributed by atoms with van der Waals surface area (Å²) in [5.41, 5.74) is 1.42. The molecule has 0 aliphatic rings. The zero-order valence-corrected chi connectivity index (χ0v) is 24.2. The third kappa shape index (κ3) is 18.0.